The molecular formula is C16H24O2. The average molecular weight is 248 g/mol. The van der Waals surface area contributed by atoms with Gasteiger partial charge in [0.15, 0.2) is 5.78 Å². The van der Waals surface area contributed by atoms with Gasteiger partial charge >= 0.3 is 0 Å². The third-order valence-corrected chi connectivity index (χ3v) is 3.27. The van der Waals surface area contributed by atoms with E-state index in [2.05, 4.69) is 13.8 Å². The number of rotatable bonds is 8. The molecule has 0 radical (unpaired) electrons. The van der Waals surface area contributed by atoms with Gasteiger partial charge in [0.05, 0.1) is 6.61 Å². The molecule has 0 aliphatic heterocycles. The zero-order valence-electron chi connectivity index (χ0n) is 11.7. The molecule has 0 spiro atoms. The Labute approximate surface area is 110 Å². The molecule has 0 bridgehead atoms. The van der Waals surface area contributed by atoms with Crippen LogP contribution in [0, 0.1) is 5.92 Å². The highest BCUT2D eigenvalue weighted by molar-refractivity contribution is 5.96. The highest BCUT2D eigenvalue weighted by Crippen LogP contribution is 2.17. The summed E-state index contributed by atoms with van der Waals surface area (Å²) in [5, 5.41) is 0. The van der Waals surface area contributed by atoms with Crippen LogP contribution in [0.3, 0.4) is 0 Å². The minimum Gasteiger partial charge on any atom is -0.493 e. The molecule has 1 aromatic carbocycles. The molecule has 0 aliphatic carbocycles. The molecule has 0 atom stereocenters. The zero-order valence-corrected chi connectivity index (χ0v) is 11.7. The number of ether oxygens (including phenoxy) is 1. The number of Topliss-reactive ketones (excluding diaryl/α,β-unsaturated/α-hetero) is 1. The van der Waals surface area contributed by atoms with Crippen molar-refractivity contribution < 1.29 is 9.53 Å². The van der Waals surface area contributed by atoms with E-state index in [-0.39, 0.29) is 5.78 Å². The summed E-state index contributed by atoms with van der Waals surface area (Å²) in [6.07, 6.45) is 3.75. The first-order chi connectivity index (χ1) is 8.71. The van der Waals surface area contributed by atoms with Gasteiger partial charge < -0.3 is 4.74 Å². The second-order valence-corrected chi connectivity index (χ2v) is 4.69. The second-order valence-electron chi connectivity index (χ2n) is 4.69. The fraction of sp³-hybridized carbons (Fsp3) is 0.562. The van der Waals surface area contributed by atoms with Crippen molar-refractivity contribution in [2.75, 3.05) is 6.61 Å². The SMILES string of the molecule is CCCC(=O)c1cccc(OCC(CC)CC)c1. The molecule has 0 saturated heterocycles. The molecule has 0 aromatic heterocycles. The minimum atomic E-state index is 0.200. The van der Waals surface area contributed by atoms with Gasteiger partial charge in [-0.1, -0.05) is 45.7 Å². The van der Waals surface area contributed by atoms with Crippen LogP contribution in [-0.2, 0) is 0 Å². The molecular weight excluding hydrogens is 224 g/mol. The fourth-order valence-corrected chi connectivity index (χ4v) is 1.87. The number of ketones is 1. The van der Waals surface area contributed by atoms with Crippen molar-refractivity contribution in [1.82, 2.24) is 0 Å². The van der Waals surface area contributed by atoms with E-state index in [1.807, 2.05) is 31.2 Å². The van der Waals surface area contributed by atoms with Crippen molar-refractivity contribution in [3.05, 3.63) is 29.8 Å². The van der Waals surface area contributed by atoms with Crippen LogP contribution in [0.5, 0.6) is 5.75 Å². The summed E-state index contributed by atoms with van der Waals surface area (Å²) < 4.78 is 5.77. The molecule has 0 saturated carbocycles. The molecule has 0 amide bonds. The van der Waals surface area contributed by atoms with Gasteiger partial charge in [0.25, 0.3) is 0 Å². The predicted molar refractivity (Wildman–Crippen MR) is 75.2 cm³/mol. The van der Waals surface area contributed by atoms with Crippen LogP contribution in [0.1, 0.15) is 56.8 Å². The summed E-state index contributed by atoms with van der Waals surface area (Å²) in [5.74, 6) is 1.61. The molecule has 2 heteroatoms. The van der Waals surface area contributed by atoms with E-state index in [9.17, 15) is 4.79 Å². The second kappa shape index (κ2) is 7.91. The van der Waals surface area contributed by atoms with Crippen LogP contribution in [-0.4, -0.2) is 12.4 Å². The van der Waals surface area contributed by atoms with Crippen LogP contribution in [0.15, 0.2) is 24.3 Å². The molecule has 18 heavy (non-hydrogen) atoms. The van der Waals surface area contributed by atoms with Crippen molar-refractivity contribution in [2.24, 2.45) is 5.92 Å². The van der Waals surface area contributed by atoms with Gasteiger partial charge in [0.1, 0.15) is 5.75 Å². The Kier molecular flexibility index (Phi) is 6.48. The lowest BCUT2D eigenvalue weighted by Crippen LogP contribution is -2.10. The summed E-state index contributed by atoms with van der Waals surface area (Å²) in [6.45, 7) is 7.11. The quantitative estimate of drug-likeness (QED) is 0.634. The maximum Gasteiger partial charge on any atom is 0.162 e. The summed E-state index contributed by atoms with van der Waals surface area (Å²) in [4.78, 5) is 11.8. The van der Waals surface area contributed by atoms with Crippen molar-refractivity contribution in [3.63, 3.8) is 0 Å². The van der Waals surface area contributed by atoms with Gasteiger partial charge in [0.2, 0.25) is 0 Å². The highest BCUT2D eigenvalue weighted by Gasteiger charge is 2.07. The first-order valence-corrected chi connectivity index (χ1v) is 6.97. The lowest BCUT2D eigenvalue weighted by atomic mass is 10.1. The Bertz CT molecular complexity index is 367. The topological polar surface area (TPSA) is 26.3 Å². The molecule has 1 rings (SSSR count). The standard InChI is InChI=1S/C16H24O2/c1-4-8-16(17)14-9-7-10-15(11-14)18-12-13(5-2)6-3/h7,9-11,13H,4-6,8,12H2,1-3H3. The van der Waals surface area contributed by atoms with E-state index in [1.165, 1.54) is 0 Å². The third-order valence-electron chi connectivity index (χ3n) is 3.27. The third kappa shape index (κ3) is 4.52. The van der Waals surface area contributed by atoms with Crippen LogP contribution >= 0.6 is 0 Å². The zero-order chi connectivity index (χ0) is 13.4. The van der Waals surface area contributed by atoms with Gasteiger partial charge in [-0.15, -0.1) is 0 Å². The minimum absolute atomic E-state index is 0.200. The predicted octanol–water partition coefficient (Wildman–Crippen LogP) is 4.48. The molecule has 0 unspecified atom stereocenters. The molecule has 0 aliphatic rings. The molecule has 0 N–H and O–H groups in total. The summed E-state index contributed by atoms with van der Waals surface area (Å²) in [5.41, 5.74) is 0.763. The van der Waals surface area contributed by atoms with Crippen LogP contribution in [0.4, 0.5) is 0 Å². The number of carbonyl (C=O) groups is 1. The van der Waals surface area contributed by atoms with E-state index in [4.69, 9.17) is 4.74 Å². The smallest absolute Gasteiger partial charge is 0.162 e. The van der Waals surface area contributed by atoms with Gasteiger partial charge in [-0.3, -0.25) is 4.79 Å². The molecule has 1 aromatic rings. The van der Waals surface area contributed by atoms with Gasteiger partial charge in [-0.2, -0.15) is 0 Å². The van der Waals surface area contributed by atoms with Crippen molar-refractivity contribution in [3.8, 4) is 5.75 Å². The monoisotopic (exact) mass is 248 g/mol. The van der Waals surface area contributed by atoms with E-state index < -0.39 is 0 Å². The summed E-state index contributed by atoms with van der Waals surface area (Å²) in [6, 6.07) is 7.54. The van der Waals surface area contributed by atoms with Gasteiger partial charge in [0, 0.05) is 12.0 Å². The Morgan fingerprint density at radius 1 is 1.22 bits per heavy atom. The van der Waals surface area contributed by atoms with E-state index in [1.54, 1.807) is 0 Å². The maximum atomic E-state index is 11.8. The molecule has 2 nitrogen and oxygen atoms in total. The van der Waals surface area contributed by atoms with Gasteiger partial charge in [-0.25, -0.2) is 0 Å². The Morgan fingerprint density at radius 3 is 2.56 bits per heavy atom. The maximum absolute atomic E-state index is 11.8. The molecule has 100 valence electrons. The van der Waals surface area contributed by atoms with Crippen LogP contribution < -0.4 is 4.74 Å². The Morgan fingerprint density at radius 2 is 1.94 bits per heavy atom. The van der Waals surface area contributed by atoms with Crippen LogP contribution in [0.25, 0.3) is 0 Å². The van der Waals surface area contributed by atoms with Gasteiger partial charge in [-0.05, 0) is 24.5 Å². The van der Waals surface area contributed by atoms with E-state index >= 15 is 0 Å². The van der Waals surface area contributed by atoms with Crippen LogP contribution in [0.2, 0.25) is 0 Å². The number of hydrogen-bond donors (Lipinski definition) is 0. The largest absolute Gasteiger partial charge is 0.493 e. The summed E-state index contributed by atoms with van der Waals surface area (Å²) >= 11 is 0. The lowest BCUT2D eigenvalue weighted by molar-refractivity contribution is 0.0981. The summed E-state index contributed by atoms with van der Waals surface area (Å²) in [7, 11) is 0. The fourth-order valence-electron chi connectivity index (χ4n) is 1.87. The lowest BCUT2D eigenvalue weighted by Gasteiger charge is -2.14. The van der Waals surface area contributed by atoms with Crippen molar-refractivity contribution >= 4 is 5.78 Å². The molecule has 0 heterocycles. The van der Waals surface area contributed by atoms with E-state index in [0.717, 1.165) is 37.2 Å². The highest BCUT2D eigenvalue weighted by atomic mass is 16.5. The number of hydrogen-bond acceptors (Lipinski definition) is 2. The number of carbonyl (C=O) groups excluding carboxylic acids is 1. The first kappa shape index (κ1) is 14.7. The number of benzene rings is 1. The van der Waals surface area contributed by atoms with Crippen molar-refractivity contribution in [2.45, 2.75) is 46.5 Å². The normalized spacial score (nSPS) is 10.7. The first-order valence-electron chi connectivity index (χ1n) is 6.97. The average Bonchev–Trinajstić information content (AvgIpc) is 2.40. The van der Waals surface area contributed by atoms with Crippen molar-refractivity contribution in [1.29, 1.82) is 0 Å². The Hall–Kier alpha value is -1.31. The van der Waals surface area contributed by atoms with E-state index in [0.29, 0.717) is 12.3 Å². The Balaban J connectivity index is 2.62. The molecule has 0 fully saturated rings.